The Morgan fingerprint density at radius 3 is 2.35 bits per heavy atom. The van der Waals surface area contributed by atoms with E-state index in [1.165, 1.54) is 0 Å². The van der Waals surface area contributed by atoms with Crippen LogP contribution in [0, 0.1) is 29.3 Å². The second kappa shape index (κ2) is 10.3. The molecule has 2 aromatic carbocycles. The molecule has 182 valence electrons. The number of halogens is 3. The molecular weight excluding hydrogens is 433 g/mol. The van der Waals surface area contributed by atoms with Crippen molar-refractivity contribution in [1.29, 1.82) is 0 Å². The summed E-state index contributed by atoms with van der Waals surface area (Å²) in [4.78, 5) is 0. The van der Waals surface area contributed by atoms with E-state index in [4.69, 9.17) is 4.74 Å². The van der Waals surface area contributed by atoms with Gasteiger partial charge in [0.1, 0.15) is 11.9 Å². The number of benzene rings is 2. The summed E-state index contributed by atoms with van der Waals surface area (Å²) >= 11 is 0. The van der Waals surface area contributed by atoms with Crippen molar-refractivity contribution in [3.63, 3.8) is 0 Å². The van der Waals surface area contributed by atoms with Gasteiger partial charge in [0.05, 0.1) is 6.61 Å². The maximum atomic E-state index is 14.9. The van der Waals surface area contributed by atoms with Gasteiger partial charge in [0.2, 0.25) is 0 Å². The summed E-state index contributed by atoms with van der Waals surface area (Å²) in [6, 6.07) is 9.19. The van der Waals surface area contributed by atoms with Crippen molar-refractivity contribution in [1.82, 2.24) is 0 Å². The maximum absolute atomic E-state index is 14.9. The third-order valence-corrected chi connectivity index (χ3v) is 8.45. The second-order valence-corrected chi connectivity index (χ2v) is 10.5. The minimum Gasteiger partial charge on any atom is -0.368 e. The zero-order valence-electron chi connectivity index (χ0n) is 20.1. The molecule has 0 radical (unpaired) electrons. The third-order valence-electron chi connectivity index (χ3n) is 8.45. The molecule has 1 saturated heterocycles. The molecule has 0 amide bonds. The van der Waals surface area contributed by atoms with E-state index >= 15 is 0 Å². The molecule has 34 heavy (non-hydrogen) atoms. The maximum Gasteiger partial charge on any atom is 0.166 e. The highest BCUT2D eigenvalue weighted by Crippen LogP contribution is 2.40. The summed E-state index contributed by atoms with van der Waals surface area (Å²) in [6.07, 6.45) is 11.6. The van der Waals surface area contributed by atoms with Crippen LogP contribution in [0.2, 0.25) is 0 Å². The third kappa shape index (κ3) is 5.12. The van der Waals surface area contributed by atoms with Crippen molar-refractivity contribution < 1.29 is 17.9 Å². The van der Waals surface area contributed by atoms with Crippen LogP contribution in [0.5, 0.6) is 0 Å². The molecule has 0 spiro atoms. The molecule has 3 aliphatic rings. The van der Waals surface area contributed by atoms with Crippen LogP contribution in [-0.2, 0) is 11.2 Å². The Labute approximate surface area is 201 Å². The quantitative estimate of drug-likeness (QED) is 0.370. The molecule has 0 N–H and O–H groups in total. The first-order valence-electron chi connectivity index (χ1n) is 13.1. The van der Waals surface area contributed by atoms with E-state index in [1.807, 2.05) is 6.07 Å². The van der Waals surface area contributed by atoms with Crippen molar-refractivity contribution in [2.45, 2.75) is 83.2 Å². The van der Waals surface area contributed by atoms with Crippen LogP contribution in [0.1, 0.15) is 99.0 Å². The van der Waals surface area contributed by atoms with E-state index in [0.717, 1.165) is 68.9 Å². The first kappa shape index (κ1) is 23.7. The molecule has 2 atom stereocenters. The van der Waals surface area contributed by atoms with E-state index in [0.29, 0.717) is 47.5 Å². The number of rotatable bonds is 7. The fourth-order valence-corrected chi connectivity index (χ4v) is 5.96. The number of hydrogen-bond acceptors (Lipinski definition) is 1. The summed E-state index contributed by atoms with van der Waals surface area (Å²) in [5, 5.41) is 0. The van der Waals surface area contributed by atoms with E-state index in [-0.39, 0.29) is 11.9 Å². The number of ether oxygens (including phenoxy) is 1. The van der Waals surface area contributed by atoms with Gasteiger partial charge in [0.25, 0.3) is 0 Å². The summed E-state index contributed by atoms with van der Waals surface area (Å²) in [5.74, 6) is 0.0576. The number of allylic oxidation sites excluding steroid dienone is 2. The van der Waals surface area contributed by atoms with Crippen LogP contribution in [-0.4, -0.2) is 6.61 Å². The van der Waals surface area contributed by atoms with Crippen molar-refractivity contribution in [3.8, 4) is 0 Å². The smallest absolute Gasteiger partial charge is 0.166 e. The highest BCUT2D eigenvalue weighted by atomic mass is 19.2. The Morgan fingerprint density at radius 2 is 1.71 bits per heavy atom. The van der Waals surface area contributed by atoms with Gasteiger partial charge in [-0.25, -0.2) is 13.2 Å². The molecule has 1 nitrogen and oxygen atoms in total. The van der Waals surface area contributed by atoms with Gasteiger partial charge in [0, 0.05) is 11.1 Å². The molecule has 2 aromatic rings. The van der Waals surface area contributed by atoms with Crippen LogP contribution in [0.15, 0.2) is 36.4 Å². The highest BCUT2D eigenvalue weighted by Gasteiger charge is 2.29. The number of hydrogen-bond donors (Lipinski definition) is 0. The van der Waals surface area contributed by atoms with Crippen LogP contribution in [0.3, 0.4) is 0 Å². The first-order chi connectivity index (χ1) is 16.5. The molecule has 1 heterocycles. The number of aryl methyl sites for hydroxylation is 1. The fourth-order valence-electron chi connectivity index (χ4n) is 5.96. The summed E-state index contributed by atoms with van der Waals surface area (Å²) in [5.41, 5.74) is 3.64. The van der Waals surface area contributed by atoms with E-state index in [2.05, 4.69) is 19.1 Å². The van der Waals surface area contributed by atoms with Crippen molar-refractivity contribution >= 4 is 5.57 Å². The standard InChI is InChI=1S/C30H35F3O/c1-2-19-3-10-22(11-4-19)25-15-13-23(29(32)30(25)33)12-7-20-5-8-21(9-6-20)24-14-16-26(27(31)17-24)28-18-34-28/h10,13-17,19-21,28H,2-9,11-12,18H2,1H3. The number of epoxide rings is 1. The Bertz CT molecular complexity index is 1050. The summed E-state index contributed by atoms with van der Waals surface area (Å²) < 4.78 is 49.4. The summed E-state index contributed by atoms with van der Waals surface area (Å²) in [6.45, 7) is 2.80. The van der Waals surface area contributed by atoms with Gasteiger partial charge in [-0.3, -0.25) is 0 Å². The molecule has 0 aromatic heterocycles. The highest BCUT2D eigenvalue weighted by molar-refractivity contribution is 5.67. The van der Waals surface area contributed by atoms with Gasteiger partial charge in [0.15, 0.2) is 11.6 Å². The van der Waals surface area contributed by atoms with Crippen LogP contribution < -0.4 is 0 Å². The molecule has 2 fully saturated rings. The Hall–Kier alpha value is -2.07. The predicted molar refractivity (Wildman–Crippen MR) is 130 cm³/mol. The van der Waals surface area contributed by atoms with Gasteiger partial charge >= 0.3 is 0 Å². The second-order valence-electron chi connectivity index (χ2n) is 10.5. The average Bonchev–Trinajstić information content (AvgIpc) is 3.71. The van der Waals surface area contributed by atoms with Crippen molar-refractivity contribution in [2.24, 2.45) is 11.8 Å². The average molecular weight is 469 g/mol. The van der Waals surface area contributed by atoms with Gasteiger partial charge in [-0.15, -0.1) is 0 Å². The molecule has 1 saturated carbocycles. The van der Waals surface area contributed by atoms with Gasteiger partial charge in [-0.05, 0) is 98.3 Å². The molecular formula is C30H35F3O. The fraction of sp³-hybridized carbons (Fsp3) is 0.533. The molecule has 2 unspecified atom stereocenters. The van der Waals surface area contributed by atoms with Gasteiger partial charge < -0.3 is 4.74 Å². The monoisotopic (exact) mass is 468 g/mol. The van der Waals surface area contributed by atoms with Crippen molar-refractivity contribution in [2.75, 3.05) is 6.61 Å². The van der Waals surface area contributed by atoms with Gasteiger partial charge in [-0.2, -0.15) is 0 Å². The van der Waals surface area contributed by atoms with E-state index in [9.17, 15) is 13.2 Å². The Morgan fingerprint density at radius 1 is 0.912 bits per heavy atom. The summed E-state index contributed by atoms with van der Waals surface area (Å²) in [7, 11) is 0. The predicted octanol–water partition coefficient (Wildman–Crippen LogP) is 8.68. The minimum absolute atomic E-state index is 0.0584. The largest absolute Gasteiger partial charge is 0.368 e. The first-order valence-corrected chi connectivity index (χ1v) is 13.1. The molecule has 0 bridgehead atoms. The zero-order valence-corrected chi connectivity index (χ0v) is 20.1. The zero-order chi connectivity index (χ0) is 23.7. The van der Waals surface area contributed by atoms with Crippen LogP contribution in [0.4, 0.5) is 13.2 Å². The van der Waals surface area contributed by atoms with E-state index in [1.54, 1.807) is 18.2 Å². The lowest BCUT2D eigenvalue weighted by Crippen LogP contribution is -2.15. The molecule has 2 aliphatic carbocycles. The molecule has 1 aliphatic heterocycles. The SMILES string of the molecule is CCC1CC=C(c2ccc(CCC3CCC(c4ccc(C5CO5)c(F)c4)CC3)c(F)c2F)CC1. The van der Waals surface area contributed by atoms with E-state index < -0.39 is 11.6 Å². The lowest BCUT2D eigenvalue weighted by atomic mass is 9.76. The molecule has 4 heteroatoms. The normalized spacial score (nSPS) is 26.9. The minimum atomic E-state index is -0.676. The van der Waals surface area contributed by atoms with Crippen molar-refractivity contribution in [3.05, 3.63) is 76.1 Å². The Balaban J connectivity index is 1.15. The lowest BCUT2D eigenvalue weighted by Gasteiger charge is -2.29. The van der Waals surface area contributed by atoms with Crippen LogP contribution in [0.25, 0.3) is 5.57 Å². The van der Waals surface area contributed by atoms with Crippen LogP contribution >= 0.6 is 0 Å². The Kier molecular flexibility index (Phi) is 7.15. The topological polar surface area (TPSA) is 12.5 Å². The van der Waals surface area contributed by atoms with Gasteiger partial charge in [-0.1, -0.05) is 43.7 Å². The molecule has 5 rings (SSSR count). The lowest BCUT2D eigenvalue weighted by molar-refractivity contribution is 0.308.